The van der Waals surface area contributed by atoms with Crippen molar-refractivity contribution in [2.45, 2.75) is 45.7 Å². The van der Waals surface area contributed by atoms with Crippen LogP contribution in [0.1, 0.15) is 56.3 Å². The van der Waals surface area contributed by atoms with Gasteiger partial charge >= 0.3 is 0 Å². The Morgan fingerprint density at radius 2 is 1.76 bits per heavy atom. The Morgan fingerprint density at radius 1 is 0.974 bits per heavy atom. The lowest BCUT2D eigenvalue weighted by atomic mass is 9.83. The van der Waals surface area contributed by atoms with Crippen LogP contribution in [-0.4, -0.2) is 40.4 Å². The minimum absolute atomic E-state index is 0.244. The molecule has 0 aliphatic carbocycles. The van der Waals surface area contributed by atoms with E-state index in [0.717, 1.165) is 51.8 Å². The third kappa shape index (κ3) is 3.96. The van der Waals surface area contributed by atoms with Crippen LogP contribution in [0.3, 0.4) is 0 Å². The molecule has 0 saturated heterocycles. The fraction of sp³-hybridized carbons (Fsp3) is 0.241. The Balaban J connectivity index is 1.26. The summed E-state index contributed by atoms with van der Waals surface area (Å²) in [5, 5.41) is 23.0. The molecule has 9 heteroatoms. The van der Waals surface area contributed by atoms with Gasteiger partial charge in [0, 0.05) is 17.3 Å². The van der Waals surface area contributed by atoms with Crippen molar-refractivity contribution in [3.8, 4) is 22.6 Å². The summed E-state index contributed by atoms with van der Waals surface area (Å²) >= 11 is 0. The molecule has 0 spiro atoms. The van der Waals surface area contributed by atoms with Gasteiger partial charge in [-0.2, -0.15) is 5.21 Å². The standard InChI is InChI=1S/C29H29N9/c1-18(2)38-17-30-32-27(38)25-7-6-8-26(31-25)37-16-22-10-9-21(15-24(22)19(37)3)20-11-13-23(14-12-20)29(4,5)28-33-35-36-34-28/h6-15,17-18H,3,16H2,1-2,4-5H3,(H,33,34,35,36). The van der Waals surface area contributed by atoms with Crippen molar-refractivity contribution >= 4 is 11.5 Å². The molecule has 4 heterocycles. The normalized spacial score (nSPS) is 13.4. The summed E-state index contributed by atoms with van der Waals surface area (Å²) in [6.45, 7) is 13.6. The summed E-state index contributed by atoms with van der Waals surface area (Å²) < 4.78 is 2.03. The van der Waals surface area contributed by atoms with Crippen molar-refractivity contribution in [3.05, 3.63) is 96.1 Å². The Bertz CT molecular complexity index is 1610. The molecule has 0 radical (unpaired) electrons. The average Bonchev–Trinajstić information content (AvgIpc) is 3.70. The van der Waals surface area contributed by atoms with Crippen LogP contribution in [-0.2, 0) is 12.0 Å². The number of hydrogen-bond donors (Lipinski definition) is 1. The highest BCUT2D eigenvalue weighted by Gasteiger charge is 2.28. The summed E-state index contributed by atoms with van der Waals surface area (Å²) in [5.74, 6) is 2.27. The van der Waals surface area contributed by atoms with E-state index in [0.29, 0.717) is 5.82 Å². The van der Waals surface area contributed by atoms with Crippen LogP contribution in [0, 0.1) is 0 Å². The molecule has 0 bridgehead atoms. The van der Waals surface area contributed by atoms with E-state index in [1.165, 1.54) is 5.56 Å². The average molecular weight is 504 g/mol. The lowest BCUT2D eigenvalue weighted by Crippen LogP contribution is -2.20. The quantitative estimate of drug-likeness (QED) is 0.330. The molecule has 9 nitrogen and oxygen atoms in total. The molecule has 0 unspecified atom stereocenters. The fourth-order valence-corrected chi connectivity index (χ4v) is 4.93. The Morgan fingerprint density at radius 3 is 2.50 bits per heavy atom. The molecular formula is C29H29N9. The molecule has 3 aromatic heterocycles. The van der Waals surface area contributed by atoms with E-state index < -0.39 is 0 Å². The largest absolute Gasteiger partial charge is 0.322 e. The third-order valence-corrected chi connectivity index (χ3v) is 7.29. The first-order valence-corrected chi connectivity index (χ1v) is 12.6. The second kappa shape index (κ2) is 9.02. The topological polar surface area (TPSA) is 101 Å². The molecule has 1 aliphatic rings. The maximum absolute atomic E-state index is 4.93. The number of rotatable bonds is 6. The SMILES string of the molecule is C=C1c2cc(-c3ccc(C(C)(C)c4nn[nH]n4)cc3)ccc2CN1c1cccc(-c2nncn2C(C)C)n1. The van der Waals surface area contributed by atoms with Gasteiger partial charge in [0.25, 0.3) is 0 Å². The number of aromatic nitrogens is 8. The van der Waals surface area contributed by atoms with Crippen molar-refractivity contribution in [2.75, 3.05) is 4.90 Å². The lowest BCUT2D eigenvalue weighted by Gasteiger charge is -2.21. The number of nitrogens with zero attached hydrogens (tertiary/aromatic N) is 8. The van der Waals surface area contributed by atoms with Gasteiger partial charge in [-0.1, -0.05) is 54.3 Å². The zero-order chi connectivity index (χ0) is 26.4. The zero-order valence-corrected chi connectivity index (χ0v) is 21.9. The number of hydrogen-bond acceptors (Lipinski definition) is 7. The number of nitrogens with one attached hydrogen (secondary N) is 1. The third-order valence-electron chi connectivity index (χ3n) is 7.29. The number of fused-ring (bicyclic) bond motifs is 1. The van der Waals surface area contributed by atoms with E-state index in [-0.39, 0.29) is 11.5 Å². The highest BCUT2D eigenvalue weighted by atomic mass is 15.5. The number of tetrazole rings is 1. The van der Waals surface area contributed by atoms with E-state index in [2.05, 4.69) is 112 Å². The Kier molecular flexibility index (Phi) is 5.63. The van der Waals surface area contributed by atoms with Gasteiger partial charge in [0.05, 0.1) is 12.0 Å². The zero-order valence-electron chi connectivity index (χ0n) is 21.9. The Labute approximate surface area is 221 Å². The van der Waals surface area contributed by atoms with Gasteiger partial charge in [-0.25, -0.2) is 4.98 Å². The van der Waals surface area contributed by atoms with E-state index in [1.54, 1.807) is 6.33 Å². The number of aromatic amines is 1. The van der Waals surface area contributed by atoms with Crippen LogP contribution in [0.4, 0.5) is 5.82 Å². The van der Waals surface area contributed by atoms with Crippen LogP contribution in [0.5, 0.6) is 0 Å². The summed E-state index contributed by atoms with van der Waals surface area (Å²) in [7, 11) is 0. The van der Waals surface area contributed by atoms with E-state index in [4.69, 9.17) is 4.98 Å². The van der Waals surface area contributed by atoms with E-state index >= 15 is 0 Å². The van der Waals surface area contributed by atoms with Crippen molar-refractivity contribution in [3.63, 3.8) is 0 Å². The first kappa shape index (κ1) is 23.7. The molecule has 0 atom stereocenters. The van der Waals surface area contributed by atoms with Gasteiger partial charge in [-0.05, 0) is 68.1 Å². The molecule has 190 valence electrons. The molecule has 2 aromatic carbocycles. The van der Waals surface area contributed by atoms with Crippen molar-refractivity contribution in [2.24, 2.45) is 0 Å². The van der Waals surface area contributed by atoms with Gasteiger partial charge in [0.1, 0.15) is 17.8 Å². The number of anilines is 1. The minimum Gasteiger partial charge on any atom is -0.322 e. The fourth-order valence-electron chi connectivity index (χ4n) is 4.93. The van der Waals surface area contributed by atoms with Crippen molar-refractivity contribution in [1.82, 2.24) is 40.4 Å². The molecule has 0 saturated carbocycles. The molecule has 1 N–H and O–H groups in total. The number of benzene rings is 2. The van der Waals surface area contributed by atoms with Gasteiger partial charge in [0.15, 0.2) is 11.6 Å². The first-order chi connectivity index (χ1) is 18.3. The second-order valence-electron chi connectivity index (χ2n) is 10.4. The van der Waals surface area contributed by atoms with Crippen molar-refractivity contribution < 1.29 is 0 Å². The highest BCUT2D eigenvalue weighted by molar-refractivity contribution is 5.85. The van der Waals surface area contributed by atoms with Gasteiger partial charge < -0.3 is 9.47 Å². The molecule has 0 amide bonds. The summed E-state index contributed by atoms with van der Waals surface area (Å²) in [6, 6.07) is 21.4. The molecule has 6 rings (SSSR count). The molecule has 1 aliphatic heterocycles. The first-order valence-electron chi connectivity index (χ1n) is 12.6. The molecule has 5 aromatic rings. The minimum atomic E-state index is -0.345. The van der Waals surface area contributed by atoms with Crippen LogP contribution < -0.4 is 4.90 Å². The molecule has 38 heavy (non-hydrogen) atoms. The van der Waals surface area contributed by atoms with Gasteiger partial charge in [0.2, 0.25) is 0 Å². The summed E-state index contributed by atoms with van der Waals surface area (Å²) in [6.07, 6.45) is 1.75. The number of H-pyrrole nitrogens is 1. The van der Waals surface area contributed by atoms with E-state index in [9.17, 15) is 0 Å². The number of pyridine rings is 1. The maximum Gasteiger partial charge on any atom is 0.184 e. The van der Waals surface area contributed by atoms with E-state index in [1.807, 2.05) is 22.8 Å². The predicted molar refractivity (Wildman–Crippen MR) is 147 cm³/mol. The van der Waals surface area contributed by atoms with Crippen LogP contribution in [0.25, 0.3) is 28.3 Å². The lowest BCUT2D eigenvalue weighted by molar-refractivity contribution is 0.591. The van der Waals surface area contributed by atoms with Gasteiger partial charge in [-0.15, -0.1) is 20.4 Å². The molecular weight excluding hydrogens is 474 g/mol. The monoisotopic (exact) mass is 503 g/mol. The second-order valence-corrected chi connectivity index (χ2v) is 10.4. The smallest absolute Gasteiger partial charge is 0.184 e. The van der Waals surface area contributed by atoms with Gasteiger partial charge in [-0.3, -0.25) is 0 Å². The van der Waals surface area contributed by atoms with Crippen LogP contribution in [0.15, 0.2) is 73.6 Å². The summed E-state index contributed by atoms with van der Waals surface area (Å²) in [4.78, 5) is 7.09. The van der Waals surface area contributed by atoms with Crippen molar-refractivity contribution in [1.29, 1.82) is 0 Å². The van der Waals surface area contributed by atoms with Crippen LogP contribution >= 0.6 is 0 Å². The maximum atomic E-state index is 4.93. The summed E-state index contributed by atoms with van der Waals surface area (Å²) in [5.41, 5.74) is 7.15. The highest BCUT2D eigenvalue weighted by Crippen LogP contribution is 2.38. The Hall–Kier alpha value is -4.66. The molecule has 0 fully saturated rings. The predicted octanol–water partition coefficient (Wildman–Crippen LogP) is 5.42. The van der Waals surface area contributed by atoms with Crippen LogP contribution in [0.2, 0.25) is 0 Å².